The van der Waals surface area contributed by atoms with Crippen LogP contribution in [-0.4, -0.2) is 33.7 Å². The maximum absolute atomic E-state index is 5.44. The van der Waals surface area contributed by atoms with Gasteiger partial charge in [-0.1, -0.05) is 5.16 Å². The van der Waals surface area contributed by atoms with Gasteiger partial charge in [0, 0.05) is 30.9 Å². The Morgan fingerprint density at radius 1 is 1.35 bits per heavy atom. The van der Waals surface area contributed by atoms with Crippen molar-refractivity contribution in [2.45, 2.75) is 31.8 Å². The van der Waals surface area contributed by atoms with E-state index in [1.807, 2.05) is 12.4 Å². The minimum atomic E-state index is 0.601. The smallest absolute Gasteiger partial charge is 0.150 e. The van der Waals surface area contributed by atoms with E-state index in [1.54, 1.807) is 11.3 Å². The molecule has 0 radical (unpaired) electrons. The van der Waals surface area contributed by atoms with Crippen molar-refractivity contribution in [3.63, 3.8) is 0 Å². The summed E-state index contributed by atoms with van der Waals surface area (Å²) in [6.45, 7) is 1.65. The molecule has 0 aromatic carbocycles. The molecular formula is C17H20N4OS. The zero-order chi connectivity index (χ0) is 15.8. The summed E-state index contributed by atoms with van der Waals surface area (Å²) >= 11 is 1.74. The Morgan fingerprint density at radius 3 is 3.00 bits per heavy atom. The SMILES string of the molecule is CN(C)Cc1csc(-c2nccn2Cc2cc(C3CC3)on2)c1. The normalized spacial score (nSPS) is 14.7. The largest absolute Gasteiger partial charge is 0.361 e. The molecule has 0 atom stereocenters. The molecule has 4 rings (SSSR count). The second kappa shape index (κ2) is 5.94. The summed E-state index contributed by atoms with van der Waals surface area (Å²) in [6, 6.07) is 4.31. The van der Waals surface area contributed by atoms with Crippen LogP contribution in [0.5, 0.6) is 0 Å². The van der Waals surface area contributed by atoms with Crippen molar-refractivity contribution in [1.82, 2.24) is 19.6 Å². The summed E-state index contributed by atoms with van der Waals surface area (Å²) in [5.74, 6) is 2.63. The fraction of sp³-hybridized carbons (Fsp3) is 0.412. The van der Waals surface area contributed by atoms with Gasteiger partial charge >= 0.3 is 0 Å². The van der Waals surface area contributed by atoms with E-state index in [9.17, 15) is 0 Å². The summed E-state index contributed by atoms with van der Waals surface area (Å²) in [5, 5.41) is 6.41. The van der Waals surface area contributed by atoms with Gasteiger partial charge in [0.2, 0.25) is 0 Å². The minimum Gasteiger partial charge on any atom is -0.361 e. The van der Waals surface area contributed by atoms with E-state index in [0.29, 0.717) is 12.5 Å². The molecule has 0 N–H and O–H groups in total. The van der Waals surface area contributed by atoms with Crippen LogP contribution in [0.3, 0.4) is 0 Å². The van der Waals surface area contributed by atoms with Crippen molar-refractivity contribution in [2.75, 3.05) is 14.1 Å². The molecule has 5 nitrogen and oxygen atoms in total. The molecule has 0 unspecified atom stereocenters. The Bertz CT molecular complexity index is 797. The predicted octanol–water partition coefficient (Wildman–Crippen LogP) is 3.59. The average Bonchev–Trinajstić information content (AvgIpc) is 2.91. The third-order valence-electron chi connectivity index (χ3n) is 3.98. The van der Waals surface area contributed by atoms with Crippen LogP contribution in [0.15, 0.2) is 34.4 Å². The maximum Gasteiger partial charge on any atom is 0.150 e. The van der Waals surface area contributed by atoms with Crippen molar-refractivity contribution in [3.8, 4) is 10.7 Å². The Kier molecular flexibility index (Phi) is 3.79. The topological polar surface area (TPSA) is 47.1 Å². The highest BCUT2D eigenvalue weighted by Crippen LogP contribution is 2.40. The van der Waals surface area contributed by atoms with Crippen LogP contribution in [0.4, 0.5) is 0 Å². The van der Waals surface area contributed by atoms with Gasteiger partial charge in [0.1, 0.15) is 17.3 Å². The van der Waals surface area contributed by atoms with Crippen molar-refractivity contribution >= 4 is 11.3 Å². The highest BCUT2D eigenvalue weighted by atomic mass is 32.1. The average molecular weight is 328 g/mol. The molecule has 1 fully saturated rings. The fourth-order valence-corrected chi connectivity index (χ4v) is 3.66. The molecule has 23 heavy (non-hydrogen) atoms. The van der Waals surface area contributed by atoms with Crippen LogP contribution in [0.25, 0.3) is 10.7 Å². The van der Waals surface area contributed by atoms with Gasteiger partial charge in [0.25, 0.3) is 0 Å². The molecule has 0 aliphatic heterocycles. The quantitative estimate of drug-likeness (QED) is 0.694. The third kappa shape index (κ3) is 3.23. The van der Waals surface area contributed by atoms with Crippen molar-refractivity contribution in [2.24, 2.45) is 0 Å². The summed E-state index contributed by atoms with van der Waals surface area (Å²) < 4.78 is 7.58. The van der Waals surface area contributed by atoms with Crippen LogP contribution in [0.2, 0.25) is 0 Å². The van der Waals surface area contributed by atoms with Crippen LogP contribution in [0.1, 0.15) is 35.8 Å². The van der Waals surface area contributed by atoms with Gasteiger partial charge in [-0.2, -0.15) is 0 Å². The minimum absolute atomic E-state index is 0.601. The number of imidazole rings is 1. The Hall–Kier alpha value is -1.92. The molecule has 1 aliphatic carbocycles. The van der Waals surface area contributed by atoms with Gasteiger partial charge in [-0.25, -0.2) is 4.98 Å². The van der Waals surface area contributed by atoms with Gasteiger partial charge < -0.3 is 14.0 Å². The molecule has 120 valence electrons. The van der Waals surface area contributed by atoms with E-state index >= 15 is 0 Å². The third-order valence-corrected chi connectivity index (χ3v) is 4.95. The first-order chi connectivity index (χ1) is 11.2. The molecule has 3 aromatic heterocycles. The lowest BCUT2D eigenvalue weighted by Gasteiger charge is -2.06. The summed E-state index contributed by atoms with van der Waals surface area (Å²) in [4.78, 5) is 7.90. The number of rotatable bonds is 6. The second-order valence-electron chi connectivity index (χ2n) is 6.43. The highest BCUT2D eigenvalue weighted by molar-refractivity contribution is 7.13. The second-order valence-corrected chi connectivity index (χ2v) is 7.34. The van der Waals surface area contributed by atoms with Gasteiger partial charge in [0.15, 0.2) is 0 Å². The summed E-state index contributed by atoms with van der Waals surface area (Å²) in [6.07, 6.45) is 6.32. The summed E-state index contributed by atoms with van der Waals surface area (Å²) in [7, 11) is 4.17. The molecule has 1 aliphatic rings. The zero-order valence-corrected chi connectivity index (χ0v) is 14.2. The number of thiophene rings is 1. The van der Waals surface area contributed by atoms with Crippen LogP contribution < -0.4 is 0 Å². The summed E-state index contributed by atoms with van der Waals surface area (Å²) in [5.41, 5.74) is 2.29. The first kappa shape index (κ1) is 14.7. The van der Waals surface area contributed by atoms with Gasteiger partial charge in [-0.05, 0) is 43.9 Å². The van der Waals surface area contributed by atoms with Gasteiger partial charge in [0.05, 0.1) is 11.4 Å². The number of nitrogens with zero attached hydrogens (tertiary/aromatic N) is 4. The standard InChI is InChI=1S/C17H20N4OS/c1-20(2)9-12-7-16(23-11-12)17-18-5-6-21(17)10-14-8-15(22-19-14)13-3-4-13/h5-8,11,13H,3-4,9-10H2,1-2H3. The van der Waals surface area contributed by atoms with E-state index in [0.717, 1.165) is 23.8 Å². The van der Waals surface area contributed by atoms with E-state index in [-0.39, 0.29) is 0 Å². The Morgan fingerprint density at radius 2 is 2.22 bits per heavy atom. The fourth-order valence-electron chi connectivity index (χ4n) is 2.74. The van der Waals surface area contributed by atoms with E-state index in [1.165, 1.54) is 23.3 Å². The molecule has 3 aromatic rings. The number of hydrogen-bond donors (Lipinski definition) is 0. The lowest BCUT2D eigenvalue weighted by atomic mass is 10.2. The van der Waals surface area contributed by atoms with Crippen molar-refractivity contribution in [3.05, 3.63) is 46.9 Å². The van der Waals surface area contributed by atoms with Gasteiger partial charge in [-0.15, -0.1) is 11.3 Å². The molecule has 0 spiro atoms. The maximum atomic E-state index is 5.44. The van der Waals surface area contributed by atoms with E-state index in [4.69, 9.17) is 4.52 Å². The Balaban J connectivity index is 1.54. The molecule has 6 heteroatoms. The molecule has 0 amide bonds. The first-order valence-electron chi connectivity index (χ1n) is 7.88. The molecule has 1 saturated carbocycles. The number of hydrogen-bond acceptors (Lipinski definition) is 5. The molecule has 3 heterocycles. The molecular weight excluding hydrogens is 308 g/mol. The highest BCUT2D eigenvalue weighted by Gasteiger charge is 2.27. The Labute approximate surface area is 139 Å². The molecule has 0 saturated heterocycles. The van der Waals surface area contributed by atoms with E-state index in [2.05, 4.69) is 51.2 Å². The lowest BCUT2D eigenvalue weighted by Crippen LogP contribution is -2.09. The van der Waals surface area contributed by atoms with Crippen molar-refractivity contribution in [1.29, 1.82) is 0 Å². The lowest BCUT2D eigenvalue weighted by molar-refractivity contribution is 0.377. The van der Waals surface area contributed by atoms with Crippen molar-refractivity contribution < 1.29 is 4.52 Å². The number of aromatic nitrogens is 3. The first-order valence-corrected chi connectivity index (χ1v) is 8.76. The predicted molar refractivity (Wildman–Crippen MR) is 90.5 cm³/mol. The monoisotopic (exact) mass is 328 g/mol. The van der Waals surface area contributed by atoms with Crippen LogP contribution >= 0.6 is 11.3 Å². The van der Waals surface area contributed by atoms with Gasteiger partial charge in [-0.3, -0.25) is 0 Å². The van der Waals surface area contributed by atoms with Crippen LogP contribution in [-0.2, 0) is 13.1 Å². The zero-order valence-electron chi connectivity index (χ0n) is 13.4. The van der Waals surface area contributed by atoms with Crippen LogP contribution in [0, 0.1) is 0 Å². The van der Waals surface area contributed by atoms with E-state index < -0.39 is 0 Å². The molecule has 0 bridgehead atoms.